The molecule has 0 spiro atoms. The van der Waals surface area contributed by atoms with Crippen LogP contribution in [0, 0.1) is 11.8 Å². The van der Waals surface area contributed by atoms with Crippen LogP contribution in [-0.2, 0) is 24.0 Å². The fraction of sp³-hybridized carbons (Fsp3) is 0.676. The average Bonchev–Trinajstić information content (AvgIpc) is 2.98. The number of carbonyl (C=O) groups is 5. The van der Waals surface area contributed by atoms with Crippen molar-refractivity contribution >= 4 is 41.4 Å². The maximum Gasteiger partial charge on any atom is 0.328 e. The molecule has 0 fully saturated rings. The van der Waals surface area contributed by atoms with Crippen LogP contribution in [0.4, 0.5) is 0 Å². The highest BCUT2D eigenvalue weighted by Gasteiger charge is 2.32. The molecule has 0 aliphatic carbocycles. The van der Waals surface area contributed by atoms with Gasteiger partial charge in [-0.05, 0) is 71.6 Å². The van der Waals surface area contributed by atoms with Crippen LogP contribution < -0.4 is 27.0 Å². The number of hydrogen-bond donors (Lipinski definition) is 7. The summed E-state index contributed by atoms with van der Waals surface area (Å²) in [7, 11) is 0. The number of hydrogen-bond acceptors (Lipinski definition) is 8. The van der Waals surface area contributed by atoms with Gasteiger partial charge in [-0.3, -0.25) is 19.2 Å². The summed E-state index contributed by atoms with van der Waals surface area (Å²) in [5, 5.41) is 28.7. The Bertz CT molecular complexity index is 1120. The van der Waals surface area contributed by atoms with Crippen LogP contribution in [0.15, 0.2) is 34.9 Å². The number of thioether (sulfide) groups is 1. The van der Waals surface area contributed by atoms with Crippen molar-refractivity contribution in [2.24, 2.45) is 17.6 Å². The number of aliphatic hydroxyl groups is 1. The lowest BCUT2D eigenvalue weighted by Crippen LogP contribution is -2.60. The van der Waals surface area contributed by atoms with Gasteiger partial charge in [-0.15, -0.1) is 0 Å². The van der Waals surface area contributed by atoms with E-state index in [1.54, 1.807) is 13.8 Å². The molecule has 0 saturated carbocycles. The van der Waals surface area contributed by atoms with E-state index in [9.17, 15) is 34.2 Å². The van der Waals surface area contributed by atoms with Gasteiger partial charge in [-0.25, -0.2) is 4.79 Å². The Morgan fingerprint density at radius 2 is 1.30 bits per heavy atom. The van der Waals surface area contributed by atoms with Crippen molar-refractivity contribution in [1.29, 1.82) is 0 Å². The summed E-state index contributed by atoms with van der Waals surface area (Å²) in [6.45, 7) is 14.4. The van der Waals surface area contributed by atoms with Crippen LogP contribution in [0.5, 0.6) is 0 Å². The Labute approximate surface area is 285 Å². The molecule has 13 heteroatoms. The van der Waals surface area contributed by atoms with E-state index in [2.05, 4.69) is 67.2 Å². The van der Waals surface area contributed by atoms with E-state index in [-0.39, 0.29) is 30.6 Å². The zero-order chi connectivity index (χ0) is 36.1. The van der Waals surface area contributed by atoms with Gasteiger partial charge in [0.25, 0.3) is 0 Å². The number of amides is 4. The lowest BCUT2D eigenvalue weighted by Gasteiger charge is -2.28. The van der Waals surface area contributed by atoms with E-state index in [1.807, 2.05) is 13.8 Å². The number of carboxylic acid groups (broad SMARTS) is 1. The Morgan fingerprint density at radius 3 is 1.81 bits per heavy atom. The predicted octanol–water partition coefficient (Wildman–Crippen LogP) is 2.82. The summed E-state index contributed by atoms with van der Waals surface area (Å²) in [4.78, 5) is 63.0. The molecule has 12 nitrogen and oxygen atoms in total. The highest BCUT2D eigenvalue weighted by atomic mass is 32.2. The molecule has 0 bridgehead atoms. The smallest absolute Gasteiger partial charge is 0.328 e. The largest absolute Gasteiger partial charge is 0.480 e. The molecule has 0 heterocycles. The average molecular weight is 682 g/mol. The molecule has 0 saturated heterocycles. The zero-order valence-corrected chi connectivity index (χ0v) is 30.3. The molecular weight excluding hydrogens is 622 g/mol. The third kappa shape index (κ3) is 20.0. The summed E-state index contributed by atoms with van der Waals surface area (Å²) in [5.41, 5.74) is 9.41. The molecule has 4 amide bonds. The Balaban J connectivity index is 5.44. The van der Waals surface area contributed by atoms with Gasteiger partial charge in [0.2, 0.25) is 23.6 Å². The third-order valence-corrected chi connectivity index (χ3v) is 8.15. The number of carbonyl (C=O) groups excluding carboxylic acids is 4. The van der Waals surface area contributed by atoms with Crippen molar-refractivity contribution < 1.29 is 34.2 Å². The van der Waals surface area contributed by atoms with Gasteiger partial charge in [0, 0.05) is 11.5 Å². The molecule has 4 atom stereocenters. The van der Waals surface area contributed by atoms with Gasteiger partial charge >= 0.3 is 5.97 Å². The first-order chi connectivity index (χ1) is 22.0. The van der Waals surface area contributed by atoms with Gasteiger partial charge < -0.3 is 37.2 Å². The van der Waals surface area contributed by atoms with E-state index in [0.717, 1.165) is 25.7 Å². The van der Waals surface area contributed by atoms with Crippen molar-refractivity contribution in [3.63, 3.8) is 0 Å². The van der Waals surface area contributed by atoms with E-state index in [0.29, 0.717) is 5.75 Å². The van der Waals surface area contributed by atoms with Crippen molar-refractivity contribution in [2.75, 3.05) is 24.7 Å². The molecular formula is C34H59N5O7S. The van der Waals surface area contributed by atoms with Crippen LogP contribution in [0.25, 0.3) is 0 Å². The first kappa shape index (κ1) is 43.8. The molecule has 0 radical (unpaired) electrons. The number of rotatable bonds is 23. The molecule has 268 valence electrons. The first-order valence-corrected chi connectivity index (χ1v) is 17.4. The third-order valence-electron chi connectivity index (χ3n) is 7.18. The SMILES string of the molecule is CC(C)=CCCC(C)=CCCC(C)=CCSC[C@H](NC(=O)CN)C(=O)N[C@H](C(=O)N[C@@H](CC(C)C)C(=O)N[C@@H](CO)C(=O)O)C(C)C. The van der Waals surface area contributed by atoms with Crippen molar-refractivity contribution in [3.05, 3.63) is 34.9 Å². The van der Waals surface area contributed by atoms with Crippen LogP contribution in [-0.4, -0.2) is 88.6 Å². The molecule has 0 rings (SSSR count). The number of nitrogens with two attached hydrogens (primary N) is 1. The lowest BCUT2D eigenvalue weighted by molar-refractivity contribution is -0.143. The number of aliphatic carboxylic acids is 1. The maximum atomic E-state index is 13.4. The van der Waals surface area contributed by atoms with Crippen LogP contribution in [0.3, 0.4) is 0 Å². The molecule has 0 aliphatic rings. The Kier molecular flexibility index (Phi) is 22.4. The van der Waals surface area contributed by atoms with E-state index < -0.39 is 60.4 Å². The molecule has 0 aromatic rings. The second kappa shape index (κ2) is 24.1. The minimum absolute atomic E-state index is 0.0423. The number of aliphatic hydroxyl groups excluding tert-OH is 1. The van der Waals surface area contributed by atoms with Crippen LogP contribution in [0.1, 0.15) is 87.5 Å². The summed E-state index contributed by atoms with van der Waals surface area (Å²) in [6.07, 6.45) is 10.8. The minimum Gasteiger partial charge on any atom is -0.480 e. The summed E-state index contributed by atoms with van der Waals surface area (Å²) < 4.78 is 0. The Morgan fingerprint density at radius 1 is 0.745 bits per heavy atom. The predicted molar refractivity (Wildman–Crippen MR) is 189 cm³/mol. The maximum absolute atomic E-state index is 13.4. The Hall–Kier alpha value is -3.16. The van der Waals surface area contributed by atoms with Crippen LogP contribution in [0.2, 0.25) is 0 Å². The number of allylic oxidation sites excluding steroid dienone is 5. The topological polar surface area (TPSA) is 200 Å². The quantitative estimate of drug-likeness (QED) is 0.0626. The van der Waals surface area contributed by atoms with Crippen molar-refractivity contribution in [3.8, 4) is 0 Å². The highest BCUT2D eigenvalue weighted by molar-refractivity contribution is 7.99. The van der Waals surface area contributed by atoms with Gasteiger partial charge in [-0.2, -0.15) is 11.8 Å². The monoisotopic (exact) mass is 681 g/mol. The summed E-state index contributed by atoms with van der Waals surface area (Å²) in [6, 6.07) is -4.64. The van der Waals surface area contributed by atoms with Gasteiger partial charge in [-0.1, -0.05) is 62.6 Å². The van der Waals surface area contributed by atoms with Crippen molar-refractivity contribution in [2.45, 2.75) is 112 Å². The molecule has 47 heavy (non-hydrogen) atoms. The molecule has 0 aliphatic heterocycles. The number of carboxylic acids is 1. The first-order valence-electron chi connectivity index (χ1n) is 16.3. The van der Waals surface area contributed by atoms with Crippen LogP contribution >= 0.6 is 11.8 Å². The zero-order valence-electron chi connectivity index (χ0n) is 29.5. The van der Waals surface area contributed by atoms with Gasteiger partial charge in [0.05, 0.1) is 13.2 Å². The summed E-state index contributed by atoms with van der Waals surface area (Å²) in [5.74, 6) is -3.46. The molecule has 0 aromatic carbocycles. The lowest BCUT2D eigenvalue weighted by atomic mass is 9.99. The van der Waals surface area contributed by atoms with E-state index >= 15 is 0 Å². The van der Waals surface area contributed by atoms with Crippen molar-refractivity contribution in [1.82, 2.24) is 21.3 Å². The second-order valence-electron chi connectivity index (χ2n) is 12.8. The molecule has 0 unspecified atom stereocenters. The van der Waals surface area contributed by atoms with Gasteiger partial charge in [0.15, 0.2) is 0 Å². The number of nitrogens with one attached hydrogen (secondary N) is 4. The second-order valence-corrected chi connectivity index (χ2v) is 13.9. The highest BCUT2D eigenvalue weighted by Crippen LogP contribution is 2.14. The fourth-order valence-electron chi connectivity index (χ4n) is 4.37. The van der Waals surface area contributed by atoms with E-state index in [1.165, 1.54) is 28.5 Å². The van der Waals surface area contributed by atoms with Gasteiger partial charge in [0.1, 0.15) is 24.2 Å². The standard InChI is InChI=1S/C34H59N5O7S/c1-21(2)11-9-12-24(7)13-10-14-25(8)15-16-47-20-28(36-29(41)18-35)32(43)39-30(23(5)6)33(44)37-26(17-22(3)4)31(42)38-27(19-40)34(45)46/h11,13,15,22-23,26-28,30,40H,9-10,12,14,16-20,35H2,1-8H3,(H,36,41)(H,37,44)(H,38,42)(H,39,43)(H,45,46)/t26-,27-,28-,30-/m0/s1. The van der Waals surface area contributed by atoms with E-state index in [4.69, 9.17) is 5.73 Å². The normalized spacial score (nSPS) is 14.6. The molecule has 8 N–H and O–H groups in total. The minimum atomic E-state index is -1.53. The fourth-order valence-corrected chi connectivity index (χ4v) is 5.38. The molecule has 0 aromatic heterocycles. The summed E-state index contributed by atoms with van der Waals surface area (Å²) >= 11 is 1.46.